The van der Waals surface area contributed by atoms with Crippen LogP contribution in [0, 0.1) is 0 Å². The molecule has 0 bridgehead atoms. The van der Waals surface area contributed by atoms with E-state index >= 15 is 0 Å². The lowest BCUT2D eigenvalue weighted by molar-refractivity contribution is -0.870. The van der Waals surface area contributed by atoms with Crippen LogP contribution in [0.3, 0.4) is 0 Å². The predicted molar refractivity (Wildman–Crippen MR) is 256 cm³/mol. The van der Waals surface area contributed by atoms with Crippen molar-refractivity contribution in [2.75, 3.05) is 47.5 Å². The molecule has 0 N–H and O–H groups in total. The number of ether oxygens (including phenoxy) is 4. The molecule has 0 fully saturated rings. The molecule has 0 saturated heterocycles. The Hall–Kier alpha value is -1.97. The summed E-state index contributed by atoms with van der Waals surface area (Å²) in [6, 6.07) is 0. The quantitative estimate of drug-likeness (QED) is 0.0195. The lowest BCUT2D eigenvalue weighted by atomic mass is 10.0. The number of carboxylic acid groups (broad SMARTS) is 1. The van der Waals surface area contributed by atoms with Crippen molar-refractivity contribution >= 4 is 17.9 Å². The second-order valence-corrected chi connectivity index (χ2v) is 19.2. The summed E-state index contributed by atoms with van der Waals surface area (Å²) in [5, 5.41) is 11.7. The number of carboxylic acids is 1. The van der Waals surface area contributed by atoms with Gasteiger partial charge in [-0.3, -0.25) is 9.59 Å². The third-order valence-corrected chi connectivity index (χ3v) is 11.8. The van der Waals surface area contributed by atoms with Gasteiger partial charge in [0.15, 0.2) is 12.4 Å². The van der Waals surface area contributed by atoms with Gasteiger partial charge in [-0.2, -0.15) is 0 Å². The zero-order valence-electron chi connectivity index (χ0n) is 41.5. The Labute approximate surface area is 383 Å². The first-order chi connectivity index (χ1) is 30.1. The molecule has 2 atom stereocenters. The largest absolute Gasteiger partial charge is 0.545 e. The molecule has 2 unspecified atom stereocenters. The van der Waals surface area contributed by atoms with Crippen molar-refractivity contribution in [2.24, 2.45) is 0 Å². The summed E-state index contributed by atoms with van der Waals surface area (Å²) < 4.78 is 22.6. The molecule has 0 aromatic carbocycles. The van der Waals surface area contributed by atoms with E-state index in [0.717, 1.165) is 51.4 Å². The van der Waals surface area contributed by atoms with Crippen molar-refractivity contribution < 1.29 is 42.9 Å². The average molecular weight is 880 g/mol. The van der Waals surface area contributed by atoms with Gasteiger partial charge in [0, 0.05) is 12.8 Å². The zero-order valence-corrected chi connectivity index (χ0v) is 41.5. The normalized spacial score (nSPS) is 12.9. The molecule has 9 heteroatoms. The standard InChI is InChI=1S/C53H101NO8/c1-6-8-10-12-14-16-18-20-21-22-23-24-25-26-27-28-29-30-31-32-34-35-37-39-41-43-50(55)60-47-49(48-61-53(52(57)58)59-46-45-54(3,4)5)62-51(56)44-42-40-38-36-33-19-17-15-13-11-9-7-2/h15,17,49,53H,6-14,16,18-48H2,1-5H3/b17-15-. The van der Waals surface area contributed by atoms with Gasteiger partial charge in [0.2, 0.25) is 0 Å². The molecule has 0 radical (unpaired) electrons. The highest BCUT2D eigenvalue weighted by Gasteiger charge is 2.22. The number of esters is 2. The van der Waals surface area contributed by atoms with E-state index < -0.39 is 24.3 Å². The van der Waals surface area contributed by atoms with Gasteiger partial charge in [-0.25, -0.2) is 0 Å². The molecule has 0 saturated carbocycles. The van der Waals surface area contributed by atoms with E-state index in [1.807, 2.05) is 21.1 Å². The van der Waals surface area contributed by atoms with Gasteiger partial charge in [0.25, 0.3) is 0 Å². The Balaban J connectivity index is 4.15. The topological polar surface area (TPSA) is 111 Å². The van der Waals surface area contributed by atoms with Crippen molar-refractivity contribution in [3.63, 3.8) is 0 Å². The summed E-state index contributed by atoms with van der Waals surface area (Å²) >= 11 is 0. The first-order valence-corrected chi connectivity index (χ1v) is 26.3. The summed E-state index contributed by atoms with van der Waals surface area (Å²) in [4.78, 5) is 37.1. The molecular formula is C53H101NO8. The van der Waals surface area contributed by atoms with Gasteiger partial charge in [-0.1, -0.05) is 212 Å². The maximum atomic E-state index is 12.7. The summed E-state index contributed by atoms with van der Waals surface area (Å²) in [5.74, 6) is -2.28. The number of aliphatic carboxylic acids is 1. The zero-order chi connectivity index (χ0) is 45.6. The number of carbonyl (C=O) groups excluding carboxylic acids is 3. The minimum atomic E-state index is -1.62. The number of nitrogens with zero attached hydrogens (tertiary/aromatic N) is 1. The van der Waals surface area contributed by atoms with Crippen LogP contribution in [0.4, 0.5) is 0 Å². The molecule has 0 spiro atoms. The van der Waals surface area contributed by atoms with Crippen LogP contribution in [0.2, 0.25) is 0 Å². The fourth-order valence-corrected chi connectivity index (χ4v) is 7.65. The molecule has 366 valence electrons. The molecule has 0 aliphatic rings. The molecule has 9 nitrogen and oxygen atoms in total. The molecule has 62 heavy (non-hydrogen) atoms. The second kappa shape index (κ2) is 45.6. The molecule has 0 amide bonds. The fourth-order valence-electron chi connectivity index (χ4n) is 7.65. The molecule has 0 aromatic heterocycles. The monoisotopic (exact) mass is 880 g/mol. The Morgan fingerprint density at radius 1 is 0.468 bits per heavy atom. The van der Waals surface area contributed by atoms with Gasteiger partial charge in [0.1, 0.15) is 13.2 Å². The maximum absolute atomic E-state index is 12.7. The van der Waals surface area contributed by atoms with Crippen molar-refractivity contribution in [2.45, 2.75) is 264 Å². The first kappa shape index (κ1) is 60.0. The third-order valence-electron chi connectivity index (χ3n) is 11.8. The highest BCUT2D eigenvalue weighted by Crippen LogP contribution is 2.17. The van der Waals surface area contributed by atoms with E-state index in [1.54, 1.807) is 0 Å². The molecular weight excluding hydrogens is 779 g/mol. The van der Waals surface area contributed by atoms with E-state index in [0.29, 0.717) is 23.9 Å². The van der Waals surface area contributed by atoms with E-state index in [9.17, 15) is 19.5 Å². The van der Waals surface area contributed by atoms with Gasteiger partial charge in [-0.05, 0) is 38.5 Å². The molecule has 0 aliphatic carbocycles. The van der Waals surface area contributed by atoms with Crippen molar-refractivity contribution in [3.8, 4) is 0 Å². The van der Waals surface area contributed by atoms with Crippen LogP contribution in [-0.4, -0.2) is 82.3 Å². The summed E-state index contributed by atoms with van der Waals surface area (Å²) in [6.07, 6.45) is 46.9. The van der Waals surface area contributed by atoms with Gasteiger partial charge in [-0.15, -0.1) is 0 Å². The van der Waals surface area contributed by atoms with Crippen molar-refractivity contribution in [1.82, 2.24) is 0 Å². The van der Waals surface area contributed by atoms with Crippen LogP contribution in [0.25, 0.3) is 0 Å². The third kappa shape index (κ3) is 46.0. The summed E-state index contributed by atoms with van der Waals surface area (Å²) in [5.41, 5.74) is 0. The molecule has 0 aliphatic heterocycles. The highest BCUT2D eigenvalue weighted by molar-refractivity contribution is 5.70. The van der Waals surface area contributed by atoms with Crippen LogP contribution in [0.15, 0.2) is 12.2 Å². The second-order valence-electron chi connectivity index (χ2n) is 19.2. The van der Waals surface area contributed by atoms with Gasteiger partial charge in [0.05, 0.1) is 40.3 Å². The highest BCUT2D eigenvalue weighted by atomic mass is 16.7. The van der Waals surface area contributed by atoms with E-state index in [1.165, 1.54) is 167 Å². The van der Waals surface area contributed by atoms with Crippen LogP contribution < -0.4 is 5.11 Å². The number of carbonyl (C=O) groups is 3. The summed E-state index contributed by atoms with van der Waals surface area (Å²) in [6.45, 7) is 4.74. The number of hydrogen-bond acceptors (Lipinski definition) is 8. The van der Waals surface area contributed by atoms with E-state index in [4.69, 9.17) is 18.9 Å². The molecule has 0 aromatic rings. The Morgan fingerprint density at radius 2 is 0.823 bits per heavy atom. The van der Waals surface area contributed by atoms with Crippen LogP contribution >= 0.6 is 0 Å². The number of rotatable bonds is 49. The van der Waals surface area contributed by atoms with Gasteiger partial charge < -0.3 is 33.3 Å². The molecule has 0 heterocycles. The Bertz CT molecular complexity index is 1030. The van der Waals surface area contributed by atoms with E-state index in [2.05, 4.69) is 26.0 Å². The van der Waals surface area contributed by atoms with Crippen LogP contribution in [-0.2, 0) is 33.3 Å². The number of likely N-dealkylation sites (N-methyl/N-ethyl adjacent to an activating group) is 1. The average Bonchev–Trinajstić information content (AvgIpc) is 3.23. The smallest absolute Gasteiger partial charge is 0.306 e. The lowest BCUT2D eigenvalue weighted by Gasteiger charge is -2.26. The van der Waals surface area contributed by atoms with Crippen LogP contribution in [0.5, 0.6) is 0 Å². The predicted octanol–water partition coefficient (Wildman–Crippen LogP) is 13.3. The number of allylic oxidation sites excluding steroid dienone is 2. The summed E-state index contributed by atoms with van der Waals surface area (Å²) in [7, 11) is 5.92. The van der Waals surface area contributed by atoms with Crippen molar-refractivity contribution in [1.29, 1.82) is 0 Å². The Kier molecular flexibility index (Phi) is 44.1. The van der Waals surface area contributed by atoms with Crippen LogP contribution in [0.1, 0.15) is 251 Å². The SMILES string of the molecule is CCCCC/C=C\CCCCCCCC(=O)OC(COC(=O)CCCCCCCCCCCCCCCCCCCCCCCCCCC)COC(OCC[N+](C)(C)C)C(=O)[O-]. The fraction of sp³-hybridized carbons (Fsp3) is 0.906. The minimum absolute atomic E-state index is 0.149. The first-order valence-electron chi connectivity index (χ1n) is 26.3. The van der Waals surface area contributed by atoms with Gasteiger partial charge >= 0.3 is 11.9 Å². The molecule has 0 rings (SSSR count). The number of quaternary nitrogens is 1. The maximum Gasteiger partial charge on any atom is 0.306 e. The minimum Gasteiger partial charge on any atom is -0.545 e. The van der Waals surface area contributed by atoms with Crippen molar-refractivity contribution in [3.05, 3.63) is 12.2 Å². The number of unbranched alkanes of at least 4 members (excludes halogenated alkanes) is 32. The van der Waals surface area contributed by atoms with E-state index in [-0.39, 0.29) is 32.2 Å². The lowest BCUT2D eigenvalue weighted by Crippen LogP contribution is -2.44. The number of hydrogen-bond donors (Lipinski definition) is 0. The Morgan fingerprint density at radius 3 is 1.23 bits per heavy atom.